The van der Waals surface area contributed by atoms with Crippen LogP contribution >= 0.6 is 15.9 Å². The van der Waals surface area contributed by atoms with Gasteiger partial charge in [-0.3, -0.25) is 4.79 Å². The summed E-state index contributed by atoms with van der Waals surface area (Å²) in [5, 5.41) is 5.71. The molecule has 2 N–H and O–H groups in total. The number of sulfone groups is 1. The maximum Gasteiger partial charge on any atom is 0.238 e. The van der Waals surface area contributed by atoms with Gasteiger partial charge in [0.1, 0.15) is 0 Å². The summed E-state index contributed by atoms with van der Waals surface area (Å²) < 4.78 is 23.5. The number of halogens is 1. The van der Waals surface area contributed by atoms with Crippen molar-refractivity contribution in [3.8, 4) is 0 Å². The minimum atomic E-state index is -2.91. The number of benzene rings is 1. The number of anilines is 1. The molecule has 1 aromatic rings. The molecule has 1 fully saturated rings. The second-order valence-electron chi connectivity index (χ2n) is 4.54. The third-order valence-electron chi connectivity index (χ3n) is 2.91. The highest BCUT2D eigenvalue weighted by molar-refractivity contribution is 9.10. The summed E-state index contributed by atoms with van der Waals surface area (Å²) in [6.45, 7) is 0.121. The Morgan fingerprint density at radius 3 is 2.58 bits per heavy atom. The Morgan fingerprint density at radius 1 is 1.32 bits per heavy atom. The maximum absolute atomic E-state index is 11.7. The molecule has 19 heavy (non-hydrogen) atoms. The first-order chi connectivity index (χ1) is 8.94. The lowest BCUT2D eigenvalue weighted by Gasteiger charge is -2.10. The van der Waals surface area contributed by atoms with Crippen molar-refractivity contribution in [2.45, 2.75) is 12.5 Å². The molecule has 104 valence electrons. The largest absolute Gasteiger partial charge is 0.325 e. The van der Waals surface area contributed by atoms with Crippen LogP contribution in [0.4, 0.5) is 5.69 Å². The van der Waals surface area contributed by atoms with E-state index in [1.54, 1.807) is 12.1 Å². The van der Waals surface area contributed by atoms with Crippen LogP contribution in [0, 0.1) is 0 Å². The molecular formula is C12H15BrN2O3S. The Labute approximate surface area is 120 Å². The lowest BCUT2D eigenvalue weighted by Crippen LogP contribution is -2.36. The van der Waals surface area contributed by atoms with E-state index >= 15 is 0 Å². The zero-order valence-corrected chi connectivity index (χ0v) is 12.6. The van der Waals surface area contributed by atoms with E-state index in [-0.39, 0.29) is 30.0 Å². The van der Waals surface area contributed by atoms with Crippen LogP contribution in [0.5, 0.6) is 0 Å². The van der Waals surface area contributed by atoms with Crippen LogP contribution in [0.2, 0.25) is 0 Å². The minimum absolute atomic E-state index is 0.110. The molecule has 1 aliphatic heterocycles. The molecule has 1 heterocycles. The molecule has 0 bridgehead atoms. The molecule has 1 unspecified atom stereocenters. The third kappa shape index (κ3) is 4.59. The van der Waals surface area contributed by atoms with Crippen molar-refractivity contribution in [1.29, 1.82) is 0 Å². The van der Waals surface area contributed by atoms with Gasteiger partial charge in [0, 0.05) is 16.2 Å². The van der Waals surface area contributed by atoms with E-state index in [9.17, 15) is 13.2 Å². The zero-order chi connectivity index (χ0) is 13.9. The van der Waals surface area contributed by atoms with Crippen LogP contribution in [0.15, 0.2) is 28.7 Å². The Kier molecular flexibility index (Phi) is 4.59. The molecule has 0 saturated carbocycles. The Balaban J connectivity index is 1.78. The molecular weight excluding hydrogens is 332 g/mol. The van der Waals surface area contributed by atoms with E-state index in [1.807, 2.05) is 12.1 Å². The Morgan fingerprint density at radius 2 is 2.00 bits per heavy atom. The molecule has 0 aliphatic carbocycles. The van der Waals surface area contributed by atoms with Crippen LogP contribution < -0.4 is 10.6 Å². The van der Waals surface area contributed by atoms with Crippen LogP contribution in [-0.2, 0) is 14.6 Å². The van der Waals surface area contributed by atoms with Crippen molar-refractivity contribution in [3.63, 3.8) is 0 Å². The van der Waals surface area contributed by atoms with E-state index in [2.05, 4.69) is 26.6 Å². The number of hydrogen-bond donors (Lipinski definition) is 2. The molecule has 1 aromatic carbocycles. The number of carbonyl (C=O) groups is 1. The highest BCUT2D eigenvalue weighted by atomic mass is 79.9. The lowest BCUT2D eigenvalue weighted by molar-refractivity contribution is -0.115. The molecule has 1 aliphatic rings. The van der Waals surface area contributed by atoms with Crippen molar-refractivity contribution in [1.82, 2.24) is 5.32 Å². The first-order valence-corrected chi connectivity index (χ1v) is 8.55. The van der Waals surface area contributed by atoms with Gasteiger partial charge < -0.3 is 10.6 Å². The molecule has 0 aromatic heterocycles. The number of carbonyl (C=O) groups excluding carboxylic acids is 1. The molecule has 5 nitrogen and oxygen atoms in total. The summed E-state index contributed by atoms with van der Waals surface area (Å²) >= 11 is 3.32. The SMILES string of the molecule is O=C(CNC1CCS(=O)(=O)C1)Nc1ccc(Br)cc1. The topological polar surface area (TPSA) is 75.3 Å². The number of rotatable bonds is 4. The van der Waals surface area contributed by atoms with Crippen LogP contribution in [0.25, 0.3) is 0 Å². The van der Waals surface area contributed by atoms with Gasteiger partial charge in [-0.2, -0.15) is 0 Å². The van der Waals surface area contributed by atoms with E-state index in [0.29, 0.717) is 12.1 Å². The van der Waals surface area contributed by atoms with Gasteiger partial charge in [-0.25, -0.2) is 8.42 Å². The maximum atomic E-state index is 11.7. The van der Waals surface area contributed by atoms with E-state index in [0.717, 1.165) is 4.47 Å². The van der Waals surface area contributed by atoms with Crippen molar-refractivity contribution >= 4 is 37.4 Å². The quantitative estimate of drug-likeness (QED) is 0.857. The molecule has 1 saturated heterocycles. The van der Waals surface area contributed by atoms with Gasteiger partial charge >= 0.3 is 0 Å². The third-order valence-corrected chi connectivity index (χ3v) is 5.21. The zero-order valence-electron chi connectivity index (χ0n) is 10.2. The standard InChI is InChI=1S/C12H15BrN2O3S/c13-9-1-3-10(4-2-9)15-12(16)7-14-11-5-6-19(17,18)8-11/h1-4,11,14H,5-8H2,(H,15,16). The predicted octanol–water partition coefficient (Wildman–Crippen LogP) is 1.16. The average Bonchev–Trinajstić information content (AvgIpc) is 2.69. The second kappa shape index (κ2) is 6.02. The normalized spacial score (nSPS) is 21.2. The summed E-state index contributed by atoms with van der Waals surface area (Å²) in [6, 6.07) is 7.16. The first kappa shape index (κ1) is 14.5. The summed E-state index contributed by atoms with van der Waals surface area (Å²) in [4.78, 5) is 11.7. The van der Waals surface area contributed by atoms with Crippen LogP contribution in [-0.4, -0.2) is 38.4 Å². The molecule has 1 atom stereocenters. The molecule has 7 heteroatoms. The highest BCUT2D eigenvalue weighted by Gasteiger charge is 2.27. The van der Waals surface area contributed by atoms with Crippen LogP contribution in [0.3, 0.4) is 0 Å². The van der Waals surface area contributed by atoms with Crippen molar-refractivity contribution in [2.24, 2.45) is 0 Å². The molecule has 2 rings (SSSR count). The molecule has 0 spiro atoms. The molecule has 0 radical (unpaired) electrons. The lowest BCUT2D eigenvalue weighted by atomic mass is 10.2. The van der Waals surface area contributed by atoms with E-state index in [1.165, 1.54) is 0 Å². The second-order valence-corrected chi connectivity index (χ2v) is 7.68. The van der Waals surface area contributed by atoms with Gasteiger partial charge in [0.2, 0.25) is 5.91 Å². The van der Waals surface area contributed by atoms with Crippen molar-refractivity contribution in [2.75, 3.05) is 23.4 Å². The Hall–Kier alpha value is -0.920. The number of nitrogens with one attached hydrogen (secondary N) is 2. The number of amides is 1. The van der Waals surface area contributed by atoms with Gasteiger partial charge in [-0.15, -0.1) is 0 Å². The minimum Gasteiger partial charge on any atom is -0.325 e. The van der Waals surface area contributed by atoms with Gasteiger partial charge in [-0.1, -0.05) is 15.9 Å². The smallest absolute Gasteiger partial charge is 0.238 e. The van der Waals surface area contributed by atoms with Gasteiger partial charge in [0.15, 0.2) is 9.84 Å². The van der Waals surface area contributed by atoms with Gasteiger partial charge in [0.05, 0.1) is 18.1 Å². The monoisotopic (exact) mass is 346 g/mol. The van der Waals surface area contributed by atoms with Gasteiger partial charge in [0.25, 0.3) is 0 Å². The fraction of sp³-hybridized carbons (Fsp3) is 0.417. The number of hydrogen-bond acceptors (Lipinski definition) is 4. The average molecular weight is 347 g/mol. The summed E-state index contributed by atoms with van der Waals surface area (Å²) in [7, 11) is -2.91. The van der Waals surface area contributed by atoms with Crippen molar-refractivity contribution < 1.29 is 13.2 Å². The summed E-state index contributed by atoms with van der Waals surface area (Å²) in [5.41, 5.74) is 0.717. The van der Waals surface area contributed by atoms with Gasteiger partial charge in [-0.05, 0) is 30.7 Å². The fourth-order valence-corrected chi connectivity index (χ4v) is 3.90. The fourth-order valence-electron chi connectivity index (χ4n) is 1.93. The van der Waals surface area contributed by atoms with E-state index < -0.39 is 9.84 Å². The highest BCUT2D eigenvalue weighted by Crippen LogP contribution is 2.14. The van der Waals surface area contributed by atoms with E-state index in [4.69, 9.17) is 0 Å². The summed E-state index contributed by atoms with van der Waals surface area (Å²) in [6.07, 6.45) is 0.577. The van der Waals surface area contributed by atoms with Crippen molar-refractivity contribution in [3.05, 3.63) is 28.7 Å². The first-order valence-electron chi connectivity index (χ1n) is 5.94. The summed E-state index contributed by atoms with van der Waals surface area (Å²) in [5.74, 6) is 0.156. The molecule has 1 amide bonds. The Bertz CT molecular complexity index is 557. The predicted molar refractivity (Wildman–Crippen MR) is 77.8 cm³/mol. The van der Waals surface area contributed by atoms with Crippen LogP contribution in [0.1, 0.15) is 6.42 Å².